The van der Waals surface area contributed by atoms with Crippen LogP contribution in [0.2, 0.25) is 0 Å². The second-order valence-corrected chi connectivity index (χ2v) is 5.71. The number of halogens is 1. The summed E-state index contributed by atoms with van der Waals surface area (Å²) < 4.78 is 11.7. The van der Waals surface area contributed by atoms with Crippen LogP contribution >= 0.6 is 15.9 Å². The Morgan fingerprint density at radius 1 is 1.58 bits per heavy atom. The summed E-state index contributed by atoms with van der Waals surface area (Å²) in [6.07, 6.45) is 1.05. The van der Waals surface area contributed by atoms with Crippen LogP contribution in [0.4, 0.5) is 5.69 Å². The number of ether oxygens (including phenoxy) is 2. The third kappa shape index (κ3) is 4.37. The van der Waals surface area contributed by atoms with Gasteiger partial charge in [0, 0.05) is 24.3 Å². The first-order chi connectivity index (χ1) is 9.19. The molecule has 0 amide bonds. The lowest BCUT2D eigenvalue weighted by atomic mass is 10.1. The molecule has 1 aliphatic heterocycles. The smallest absolute Gasteiger partial charge is 0.133 e. The molecule has 2 unspecified atom stereocenters. The number of rotatable bonds is 5. The highest BCUT2D eigenvalue weighted by molar-refractivity contribution is 9.10. The Morgan fingerprint density at radius 2 is 2.42 bits per heavy atom. The van der Waals surface area contributed by atoms with E-state index in [0.29, 0.717) is 12.1 Å². The lowest BCUT2D eigenvalue weighted by molar-refractivity contribution is 0.0731. The summed E-state index contributed by atoms with van der Waals surface area (Å²) in [6.45, 7) is 4.77. The summed E-state index contributed by atoms with van der Waals surface area (Å²) in [5, 5.41) is 6.97. The van der Waals surface area contributed by atoms with Crippen molar-refractivity contribution in [2.75, 3.05) is 32.2 Å². The van der Waals surface area contributed by atoms with Gasteiger partial charge in [-0.25, -0.2) is 0 Å². The molecule has 1 saturated heterocycles. The fraction of sp³-hybridized carbons (Fsp3) is 0.571. The number of nitrogens with one attached hydrogen (secondary N) is 2. The van der Waals surface area contributed by atoms with Crippen molar-refractivity contribution in [3.63, 3.8) is 0 Å². The number of benzene rings is 1. The molecule has 106 valence electrons. The third-order valence-corrected chi connectivity index (χ3v) is 3.82. The minimum absolute atomic E-state index is 0.388. The summed E-state index contributed by atoms with van der Waals surface area (Å²) in [7, 11) is 1.67. The van der Waals surface area contributed by atoms with Crippen LogP contribution in [0.3, 0.4) is 0 Å². The fourth-order valence-corrected chi connectivity index (χ4v) is 2.84. The predicted molar refractivity (Wildman–Crippen MR) is 81.0 cm³/mol. The molecule has 1 heterocycles. The van der Waals surface area contributed by atoms with Crippen LogP contribution in [-0.4, -0.2) is 39.0 Å². The highest BCUT2D eigenvalue weighted by Gasteiger charge is 2.16. The molecule has 2 rings (SSSR count). The zero-order valence-corrected chi connectivity index (χ0v) is 13.0. The molecule has 0 aromatic heterocycles. The Kier molecular flexibility index (Phi) is 5.48. The van der Waals surface area contributed by atoms with Gasteiger partial charge in [0.15, 0.2) is 0 Å². The van der Waals surface area contributed by atoms with Crippen LogP contribution in [0, 0.1) is 0 Å². The molecule has 2 N–H and O–H groups in total. The van der Waals surface area contributed by atoms with E-state index in [4.69, 9.17) is 9.47 Å². The van der Waals surface area contributed by atoms with Crippen molar-refractivity contribution < 1.29 is 9.47 Å². The Bertz CT molecular complexity index is 408. The lowest BCUT2D eigenvalue weighted by Gasteiger charge is -2.27. The van der Waals surface area contributed by atoms with Gasteiger partial charge in [0.2, 0.25) is 0 Å². The first-order valence-corrected chi connectivity index (χ1v) is 7.39. The van der Waals surface area contributed by atoms with Gasteiger partial charge in [-0.3, -0.25) is 0 Å². The average molecular weight is 329 g/mol. The molecule has 1 aromatic rings. The van der Waals surface area contributed by atoms with E-state index in [9.17, 15) is 0 Å². The largest absolute Gasteiger partial charge is 0.496 e. The molecular formula is C14H21BrN2O2. The van der Waals surface area contributed by atoms with Crippen LogP contribution in [-0.2, 0) is 4.74 Å². The van der Waals surface area contributed by atoms with Crippen molar-refractivity contribution in [2.45, 2.75) is 25.4 Å². The number of morpholine rings is 1. The molecule has 0 radical (unpaired) electrons. The minimum atomic E-state index is 0.388. The van der Waals surface area contributed by atoms with E-state index in [-0.39, 0.29) is 0 Å². The maximum absolute atomic E-state index is 5.47. The topological polar surface area (TPSA) is 42.5 Å². The van der Waals surface area contributed by atoms with Crippen molar-refractivity contribution in [2.24, 2.45) is 0 Å². The molecule has 4 nitrogen and oxygen atoms in total. The summed E-state index contributed by atoms with van der Waals surface area (Å²) in [5.74, 6) is 0.848. The highest BCUT2D eigenvalue weighted by Crippen LogP contribution is 2.28. The van der Waals surface area contributed by atoms with Crippen molar-refractivity contribution in [1.29, 1.82) is 0 Å². The van der Waals surface area contributed by atoms with Gasteiger partial charge < -0.3 is 20.1 Å². The Hall–Kier alpha value is -0.780. The second-order valence-electron chi connectivity index (χ2n) is 4.86. The van der Waals surface area contributed by atoms with Gasteiger partial charge in [-0.2, -0.15) is 0 Å². The molecule has 1 aromatic carbocycles. The van der Waals surface area contributed by atoms with Gasteiger partial charge in [0.05, 0.1) is 24.8 Å². The molecule has 0 spiro atoms. The molecule has 0 aliphatic carbocycles. The monoisotopic (exact) mass is 328 g/mol. The van der Waals surface area contributed by atoms with E-state index >= 15 is 0 Å². The Balaban J connectivity index is 1.87. The van der Waals surface area contributed by atoms with E-state index in [2.05, 4.69) is 33.5 Å². The molecule has 1 fully saturated rings. The number of hydrogen-bond acceptors (Lipinski definition) is 4. The summed E-state index contributed by atoms with van der Waals surface area (Å²) >= 11 is 3.50. The van der Waals surface area contributed by atoms with Gasteiger partial charge in [-0.05, 0) is 47.5 Å². The van der Waals surface area contributed by atoms with Crippen molar-refractivity contribution >= 4 is 21.6 Å². The summed E-state index contributed by atoms with van der Waals surface area (Å²) in [6, 6.07) is 6.86. The van der Waals surface area contributed by atoms with Gasteiger partial charge in [-0.1, -0.05) is 0 Å². The zero-order valence-electron chi connectivity index (χ0n) is 11.4. The van der Waals surface area contributed by atoms with Gasteiger partial charge >= 0.3 is 0 Å². The maximum atomic E-state index is 5.47. The van der Waals surface area contributed by atoms with Crippen molar-refractivity contribution in [3.8, 4) is 5.75 Å². The quantitative estimate of drug-likeness (QED) is 0.872. The standard InChI is InChI=1S/C14H21BrN2O2/c1-10(7-12-9-19-6-5-16-12)17-11-3-4-14(18-2)13(15)8-11/h3-4,8,10,12,16-17H,5-7,9H2,1-2H3. The number of methoxy groups -OCH3 is 1. The molecule has 1 aliphatic rings. The molecule has 0 saturated carbocycles. The van der Waals surface area contributed by atoms with Crippen LogP contribution in [0.15, 0.2) is 22.7 Å². The number of anilines is 1. The van der Waals surface area contributed by atoms with E-state index < -0.39 is 0 Å². The first kappa shape index (κ1) is 14.6. The fourth-order valence-electron chi connectivity index (χ4n) is 2.30. The van der Waals surface area contributed by atoms with E-state index in [0.717, 1.165) is 42.1 Å². The summed E-state index contributed by atoms with van der Waals surface area (Å²) in [5.41, 5.74) is 1.09. The SMILES string of the molecule is COc1ccc(NC(C)CC2COCCN2)cc1Br. The predicted octanol–water partition coefficient (Wildman–Crippen LogP) is 2.64. The van der Waals surface area contributed by atoms with Crippen LogP contribution in [0.5, 0.6) is 5.75 Å². The Morgan fingerprint density at radius 3 is 3.05 bits per heavy atom. The zero-order chi connectivity index (χ0) is 13.7. The first-order valence-electron chi connectivity index (χ1n) is 6.60. The molecular weight excluding hydrogens is 308 g/mol. The van der Waals surface area contributed by atoms with Crippen molar-refractivity contribution in [3.05, 3.63) is 22.7 Å². The van der Waals surface area contributed by atoms with Crippen LogP contribution in [0.1, 0.15) is 13.3 Å². The Labute approximate surface area is 123 Å². The molecule has 5 heteroatoms. The van der Waals surface area contributed by atoms with Crippen LogP contribution < -0.4 is 15.4 Å². The van der Waals surface area contributed by atoms with Gasteiger partial charge in [0.25, 0.3) is 0 Å². The van der Waals surface area contributed by atoms with Crippen molar-refractivity contribution in [1.82, 2.24) is 5.32 Å². The lowest BCUT2D eigenvalue weighted by Crippen LogP contribution is -2.43. The normalized spacial score (nSPS) is 20.9. The van der Waals surface area contributed by atoms with E-state index in [1.807, 2.05) is 18.2 Å². The molecule has 19 heavy (non-hydrogen) atoms. The second kappa shape index (κ2) is 7.12. The molecule has 0 bridgehead atoms. The van der Waals surface area contributed by atoms with Gasteiger partial charge in [-0.15, -0.1) is 0 Å². The molecule has 2 atom stereocenters. The van der Waals surface area contributed by atoms with E-state index in [1.165, 1.54) is 0 Å². The maximum Gasteiger partial charge on any atom is 0.133 e. The van der Waals surface area contributed by atoms with Gasteiger partial charge in [0.1, 0.15) is 5.75 Å². The average Bonchev–Trinajstić information content (AvgIpc) is 2.40. The minimum Gasteiger partial charge on any atom is -0.496 e. The summed E-state index contributed by atoms with van der Waals surface area (Å²) in [4.78, 5) is 0. The third-order valence-electron chi connectivity index (χ3n) is 3.20. The van der Waals surface area contributed by atoms with Crippen LogP contribution in [0.25, 0.3) is 0 Å². The highest BCUT2D eigenvalue weighted by atomic mass is 79.9. The van der Waals surface area contributed by atoms with E-state index in [1.54, 1.807) is 7.11 Å². The number of hydrogen-bond donors (Lipinski definition) is 2.